The highest BCUT2D eigenvalue weighted by molar-refractivity contribution is 6.14. The SMILES string of the molecule is CCOc1cc([N+](=O)[O-])c(C(=O)/C(C#N)=C/N(C)C)cc1NC(C)=O. The van der Waals surface area contributed by atoms with Gasteiger partial charge >= 0.3 is 0 Å². The van der Waals surface area contributed by atoms with Gasteiger partial charge in [0.05, 0.1) is 23.3 Å². The third kappa shape index (κ3) is 5.04. The molecular weight excluding hydrogens is 328 g/mol. The normalized spacial score (nSPS) is 10.6. The first-order valence-electron chi connectivity index (χ1n) is 7.27. The molecule has 0 aliphatic carbocycles. The molecule has 0 radical (unpaired) electrons. The highest BCUT2D eigenvalue weighted by Gasteiger charge is 2.26. The number of allylic oxidation sites excluding steroid dienone is 1. The first-order chi connectivity index (χ1) is 11.7. The maximum absolute atomic E-state index is 12.6. The Bertz CT molecular complexity index is 777. The van der Waals surface area contributed by atoms with Crippen LogP contribution in [-0.2, 0) is 4.79 Å². The molecule has 0 aliphatic heterocycles. The smallest absolute Gasteiger partial charge is 0.284 e. The van der Waals surface area contributed by atoms with Crippen molar-refractivity contribution in [2.45, 2.75) is 13.8 Å². The third-order valence-corrected chi connectivity index (χ3v) is 2.90. The van der Waals surface area contributed by atoms with Crippen molar-refractivity contribution < 1.29 is 19.2 Å². The highest BCUT2D eigenvalue weighted by atomic mass is 16.6. The zero-order chi connectivity index (χ0) is 19.1. The lowest BCUT2D eigenvalue weighted by Crippen LogP contribution is -2.13. The van der Waals surface area contributed by atoms with Crippen LogP contribution in [0.4, 0.5) is 11.4 Å². The van der Waals surface area contributed by atoms with Crippen molar-refractivity contribution in [3.05, 3.63) is 39.6 Å². The van der Waals surface area contributed by atoms with Gasteiger partial charge in [-0.05, 0) is 13.0 Å². The van der Waals surface area contributed by atoms with Crippen LogP contribution in [0.1, 0.15) is 24.2 Å². The number of nitriles is 1. The van der Waals surface area contributed by atoms with Gasteiger partial charge in [-0.3, -0.25) is 19.7 Å². The number of carbonyl (C=O) groups excluding carboxylic acids is 2. The second-order valence-corrected chi connectivity index (χ2v) is 5.18. The van der Waals surface area contributed by atoms with E-state index in [0.717, 1.165) is 12.1 Å². The maximum atomic E-state index is 12.6. The van der Waals surface area contributed by atoms with Crippen molar-refractivity contribution in [2.75, 3.05) is 26.0 Å². The lowest BCUT2D eigenvalue weighted by atomic mass is 10.0. The summed E-state index contributed by atoms with van der Waals surface area (Å²) in [5.74, 6) is -1.19. The number of hydrogen-bond acceptors (Lipinski definition) is 7. The third-order valence-electron chi connectivity index (χ3n) is 2.90. The van der Waals surface area contributed by atoms with Gasteiger partial charge in [-0.2, -0.15) is 5.26 Å². The predicted octanol–water partition coefficient (Wildman–Crippen LogP) is 2.10. The Morgan fingerprint density at radius 2 is 2.08 bits per heavy atom. The average molecular weight is 346 g/mol. The van der Waals surface area contributed by atoms with E-state index in [1.165, 1.54) is 18.0 Å². The van der Waals surface area contributed by atoms with Crippen LogP contribution in [-0.4, -0.2) is 42.2 Å². The number of ether oxygens (including phenoxy) is 1. The number of nitrogens with zero attached hydrogens (tertiary/aromatic N) is 3. The predicted molar refractivity (Wildman–Crippen MR) is 90.3 cm³/mol. The number of nitro benzene ring substituents is 1. The summed E-state index contributed by atoms with van der Waals surface area (Å²) < 4.78 is 5.30. The summed E-state index contributed by atoms with van der Waals surface area (Å²) >= 11 is 0. The second kappa shape index (κ2) is 8.44. The van der Waals surface area contributed by atoms with Gasteiger partial charge in [-0.25, -0.2) is 0 Å². The molecule has 0 atom stereocenters. The number of nitrogens with one attached hydrogen (secondary N) is 1. The van der Waals surface area contributed by atoms with Crippen LogP contribution in [0.2, 0.25) is 0 Å². The van der Waals surface area contributed by atoms with Crippen LogP contribution in [0.5, 0.6) is 5.75 Å². The number of hydrogen-bond donors (Lipinski definition) is 1. The van der Waals surface area contributed by atoms with Crippen molar-refractivity contribution in [2.24, 2.45) is 0 Å². The van der Waals surface area contributed by atoms with E-state index < -0.39 is 22.3 Å². The van der Waals surface area contributed by atoms with Crippen LogP contribution in [0.3, 0.4) is 0 Å². The molecule has 1 rings (SSSR count). The summed E-state index contributed by atoms with van der Waals surface area (Å²) in [6.45, 7) is 3.14. The average Bonchev–Trinajstić information content (AvgIpc) is 2.52. The van der Waals surface area contributed by atoms with E-state index in [1.807, 2.05) is 0 Å². The first kappa shape index (κ1) is 19.6. The molecule has 0 saturated carbocycles. The Morgan fingerprint density at radius 3 is 2.52 bits per heavy atom. The molecule has 0 heterocycles. The van der Waals surface area contributed by atoms with Crippen molar-refractivity contribution in [3.8, 4) is 11.8 Å². The molecule has 0 saturated heterocycles. The fraction of sp³-hybridized carbons (Fsp3) is 0.312. The van der Waals surface area contributed by atoms with E-state index in [4.69, 9.17) is 10.00 Å². The van der Waals surface area contributed by atoms with Crippen LogP contribution < -0.4 is 10.1 Å². The van der Waals surface area contributed by atoms with Crippen LogP contribution in [0.15, 0.2) is 23.9 Å². The fourth-order valence-electron chi connectivity index (χ4n) is 2.01. The highest BCUT2D eigenvalue weighted by Crippen LogP contribution is 2.34. The van der Waals surface area contributed by atoms with Gasteiger partial charge in [0, 0.05) is 27.2 Å². The molecule has 1 aromatic carbocycles. The zero-order valence-corrected chi connectivity index (χ0v) is 14.3. The van der Waals surface area contributed by atoms with E-state index in [2.05, 4.69) is 5.32 Å². The molecule has 1 N–H and O–H groups in total. The lowest BCUT2D eigenvalue weighted by molar-refractivity contribution is -0.385. The number of rotatable bonds is 7. The molecule has 0 spiro atoms. The molecule has 132 valence electrons. The van der Waals surface area contributed by atoms with E-state index >= 15 is 0 Å². The molecule has 0 unspecified atom stereocenters. The quantitative estimate of drug-likeness (QED) is 0.263. The van der Waals surface area contributed by atoms with Crippen molar-refractivity contribution in [1.82, 2.24) is 4.90 Å². The molecule has 9 heteroatoms. The van der Waals surface area contributed by atoms with Crippen molar-refractivity contribution in [1.29, 1.82) is 5.26 Å². The Labute approximate surface area is 144 Å². The molecule has 9 nitrogen and oxygen atoms in total. The summed E-state index contributed by atoms with van der Waals surface area (Å²) in [4.78, 5) is 36.0. The van der Waals surface area contributed by atoms with E-state index in [1.54, 1.807) is 27.1 Å². The number of amides is 1. The number of carbonyl (C=O) groups is 2. The lowest BCUT2D eigenvalue weighted by Gasteiger charge is -2.13. The van der Waals surface area contributed by atoms with Gasteiger partial charge in [0.2, 0.25) is 11.7 Å². The summed E-state index contributed by atoms with van der Waals surface area (Å²) in [5, 5.41) is 23.0. The summed E-state index contributed by atoms with van der Waals surface area (Å²) in [6.07, 6.45) is 1.26. The minimum Gasteiger partial charge on any atom is -0.491 e. The zero-order valence-electron chi connectivity index (χ0n) is 14.3. The Balaban J connectivity index is 3.61. The molecule has 0 fully saturated rings. The fourth-order valence-corrected chi connectivity index (χ4v) is 2.01. The number of anilines is 1. The van der Waals surface area contributed by atoms with Gasteiger partial charge in [-0.15, -0.1) is 0 Å². The number of ketones is 1. The van der Waals surface area contributed by atoms with Gasteiger partial charge < -0.3 is 15.0 Å². The van der Waals surface area contributed by atoms with Crippen LogP contribution in [0.25, 0.3) is 0 Å². The molecule has 1 aromatic rings. The number of benzene rings is 1. The van der Waals surface area contributed by atoms with Gasteiger partial charge in [-0.1, -0.05) is 0 Å². The van der Waals surface area contributed by atoms with E-state index in [9.17, 15) is 19.7 Å². The van der Waals surface area contributed by atoms with Gasteiger partial charge in [0.15, 0.2) is 0 Å². The minimum atomic E-state index is -0.822. The Morgan fingerprint density at radius 1 is 1.44 bits per heavy atom. The number of Topliss-reactive ketones (excluding diaryl/α,β-unsaturated/α-hetero) is 1. The minimum absolute atomic E-state index is 0.0658. The second-order valence-electron chi connectivity index (χ2n) is 5.18. The number of nitro groups is 1. The van der Waals surface area contributed by atoms with Crippen molar-refractivity contribution >= 4 is 23.1 Å². The molecule has 0 aliphatic rings. The largest absolute Gasteiger partial charge is 0.491 e. The summed E-state index contributed by atoms with van der Waals surface area (Å²) in [6, 6.07) is 3.94. The van der Waals surface area contributed by atoms with Gasteiger partial charge in [0.1, 0.15) is 23.0 Å². The standard InChI is InChI=1S/C16H18N4O5/c1-5-25-15-7-14(20(23)24)12(6-13(15)18-10(2)21)16(22)11(8-17)9-19(3)4/h6-7,9H,5H2,1-4H3,(H,18,21)/b11-9+. The Kier molecular flexibility index (Phi) is 6.63. The monoisotopic (exact) mass is 346 g/mol. The first-order valence-corrected chi connectivity index (χ1v) is 7.27. The van der Waals surface area contributed by atoms with Crippen molar-refractivity contribution in [3.63, 3.8) is 0 Å². The molecule has 0 aromatic heterocycles. The summed E-state index contributed by atoms with van der Waals surface area (Å²) in [7, 11) is 3.22. The van der Waals surface area contributed by atoms with E-state index in [-0.39, 0.29) is 29.2 Å². The Hall–Kier alpha value is -3.41. The molecule has 0 bridgehead atoms. The molecule has 25 heavy (non-hydrogen) atoms. The molecule has 1 amide bonds. The van der Waals surface area contributed by atoms with Crippen LogP contribution >= 0.6 is 0 Å². The topological polar surface area (TPSA) is 126 Å². The van der Waals surface area contributed by atoms with Gasteiger partial charge in [0.25, 0.3) is 5.69 Å². The van der Waals surface area contributed by atoms with Crippen LogP contribution in [0, 0.1) is 21.4 Å². The maximum Gasteiger partial charge on any atom is 0.284 e. The van der Waals surface area contributed by atoms with E-state index in [0.29, 0.717) is 0 Å². The molecular formula is C16H18N4O5. The summed E-state index contributed by atoms with van der Waals surface area (Å²) in [5.41, 5.74) is -0.981.